The third-order valence-electron chi connectivity index (χ3n) is 3.07. The van der Waals surface area contributed by atoms with Gasteiger partial charge in [-0.05, 0) is 55.3 Å². The minimum Gasteiger partial charge on any atom is -0.493 e. The Labute approximate surface area is 118 Å². The Kier molecular flexibility index (Phi) is 4.51. The molecular weight excluding hydrogens is 255 g/mol. The molecule has 0 spiro atoms. The highest BCUT2D eigenvalue weighted by molar-refractivity contribution is 5.96. The smallest absolute Gasteiger partial charge is 0.166 e. The second-order valence-corrected chi connectivity index (χ2v) is 4.80. The molecule has 0 fully saturated rings. The maximum atomic E-state index is 13.1. The number of hydrogen-bond donors (Lipinski definition) is 0. The Balaban J connectivity index is 1.90. The van der Waals surface area contributed by atoms with Crippen molar-refractivity contribution < 1.29 is 13.9 Å². The van der Waals surface area contributed by atoms with Crippen LogP contribution in [0.1, 0.15) is 27.9 Å². The Hall–Kier alpha value is -2.16. The summed E-state index contributed by atoms with van der Waals surface area (Å²) in [4.78, 5) is 12.0. The highest BCUT2D eigenvalue weighted by Crippen LogP contribution is 2.14. The predicted molar refractivity (Wildman–Crippen MR) is 76.8 cm³/mol. The summed E-state index contributed by atoms with van der Waals surface area (Å²) >= 11 is 0. The summed E-state index contributed by atoms with van der Waals surface area (Å²) in [6.45, 7) is 3.95. The Morgan fingerprint density at radius 1 is 1.15 bits per heavy atom. The van der Waals surface area contributed by atoms with Gasteiger partial charge in [-0.2, -0.15) is 0 Å². The van der Waals surface area contributed by atoms with Crippen LogP contribution in [0.2, 0.25) is 0 Å². The number of ether oxygens (including phenoxy) is 1. The molecule has 2 aromatic carbocycles. The third kappa shape index (κ3) is 3.67. The number of rotatable bonds is 5. The molecule has 0 unspecified atom stereocenters. The van der Waals surface area contributed by atoms with Crippen LogP contribution in [-0.4, -0.2) is 12.4 Å². The van der Waals surface area contributed by atoms with Crippen LogP contribution in [0.25, 0.3) is 0 Å². The standard InChI is InChI=1S/C17H17FO2/c1-12-4-3-5-15(10-12)20-9-8-17(19)14-6-7-16(18)13(2)11-14/h3-7,10-11H,8-9H2,1-2H3. The summed E-state index contributed by atoms with van der Waals surface area (Å²) in [7, 11) is 0. The van der Waals surface area contributed by atoms with Crippen LogP contribution in [0, 0.1) is 19.7 Å². The molecule has 0 radical (unpaired) electrons. The van der Waals surface area contributed by atoms with Crippen LogP contribution < -0.4 is 4.74 Å². The van der Waals surface area contributed by atoms with Gasteiger partial charge in [-0.15, -0.1) is 0 Å². The van der Waals surface area contributed by atoms with E-state index in [0.717, 1.165) is 11.3 Å². The van der Waals surface area contributed by atoms with E-state index >= 15 is 0 Å². The Bertz CT molecular complexity index is 620. The fraction of sp³-hybridized carbons (Fsp3) is 0.235. The maximum absolute atomic E-state index is 13.1. The van der Waals surface area contributed by atoms with E-state index in [1.165, 1.54) is 12.1 Å². The number of carbonyl (C=O) groups excluding carboxylic acids is 1. The third-order valence-corrected chi connectivity index (χ3v) is 3.07. The average molecular weight is 272 g/mol. The molecule has 20 heavy (non-hydrogen) atoms. The summed E-state index contributed by atoms with van der Waals surface area (Å²) in [5.74, 6) is 0.423. The molecule has 0 amide bonds. The first-order chi connectivity index (χ1) is 9.56. The molecule has 104 valence electrons. The zero-order chi connectivity index (χ0) is 14.5. The number of aryl methyl sites for hydroxylation is 2. The van der Waals surface area contributed by atoms with E-state index < -0.39 is 0 Å². The topological polar surface area (TPSA) is 26.3 Å². The van der Waals surface area contributed by atoms with Crippen molar-refractivity contribution >= 4 is 5.78 Å². The lowest BCUT2D eigenvalue weighted by Crippen LogP contribution is -2.07. The van der Waals surface area contributed by atoms with Crippen molar-refractivity contribution in [3.05, 3.63) is 65.0 Å². The van der Waals surface area contributed by atoms with E-state index in [0.29, 0.717) is 17.7 Å². The van der Waals surface area contributed by atoms with Crippen LogP contribution >= 0.6 is 0 Å². The van der Waals surface area contributed by atoms with Crippen molar-refractivity contribution in [2.75, 3.05) is 6.61 Å². The van der Waals surface area contributed by atoms with E-state index in [4.69, 9.17) is 4.74 Å². The van der Waals surface area contributed by atoms with Crippen molar-refractivity contribution in [3.63, 3.8) is 0 Å². The lowest BCUT2D eigenvalue weighted by molar-refractivity contribution is 0.0962. The highest BCUT2D eigenvalue weighted by Gasteiger charge is 2.08. The molecule has 2 rings (SSSR count). The molecule has 0 aromatic heterocycles. The zero-order valence-corrected chi connectivity index (χ0v) is 11.7. The minimum atomic E-state index is -0.294. The number of benzene rings is 2. The zero-order valence-electron chi connectivity index (χ0n) is 11.7. The van der Waals surface area contributed by atoms with Gasteiger partial charge in [0.15, 0.2) is 5.78 Å². The Morgan fingerprint density at radius 2 is 1.95 bits per heavy atom. The molecule has 3 heteroatoms. The van der Waals surface area contributed by atoms with Crippen LogP contribution in [-0.2, 0) is 0 Å². The fourth-order valence-corrected chi connectivity index (χ4v) is 1.93. The summed E-state index contributed by atoms with van der Waals surface area (Å²) in [5.41, 5.74) is 2.12. The maximum Gasteiger partial charge on any atom is 0.166 e. The number of hydrogen-bond acceptors (Lipinski definition) is 2. The van der Waals surface area contributed by atoms with E-state index in [2.05, 4.69) is 0 Å². The molecule has 2 nitrogen and oxygen atoms in total. The van der Waals surface area contributed by atoms with Gasteiger partial charge in [0.05, 0.1) is 6.61 Å². The summed E-state index contributed by atoms with van der Waals surface area (Å²) in [5, 5.41) is 0. The normalized spacial score (nSPS) is 10.3. The van der Waals surface area contributed by atoms with Crippen LogP contribution in [0.5, 0.6) is 5.75 Å². The van der Waals surface area contributed by atoms with E-state index in [1.807, 2.05) is 31.2 Å². The fourth-order valence-electron chi connectivity index (χ4n) is 1.93. The SMILES string of the molecule is Cc1cccc(OCCC(=O)c2ccc(F)c(C)c2)c1. The first-order valence-electron chi connectivity index (χ1n) is 6.55. The highest BCUT2D eigenvalue weighted by atomic mass is 19.1. The molecule has 2 aromatic rings. The minimum absolute atomic E-state index is 0.0410. The second kappa shape index (κ2) is 6.33. The van der Waals surface area contributed by atoms with Crippen molar-refractivity contribution in [1.82, 2.24) is 0 Å². The summed E-state index contributed by atoms with van der Waals surface area (Å²) < 4.78 is 18.7. The monoisotopic (exact) mass is 272 g/mol. The van der Waals surface area contributed by atoms with Crippen LogP contribution in [0.4, 0.5) is 4.39 Å². The van der Waals surface area contributed by atoms with Gasteiger partial charge in [-0.25, -0.2) is 4.39 Å². The molecule has 0 N–H and O–H groups in total. The lowest BCUT2D eigenvalue weighted by atomic mass is 10.1. The molecule has 0 heterocycles. The van der Waals surface area contributed by atoms with Gasteiger partial charge >= 0.3 is 0 Å². The first-order valence-corrected chi connectivity index (χ1v) is 6.55. The number of halogens is 1. The van der Waals surface area contributed by atoms with Gasteiger partial charge in [0.25, 0.3) is 0 Å². The molecule has 0 atom stereocenters. The van der Waals surface area contributed by atoms with Gasteiger partial charge < -0.3 is 4.74 Å². The number of carbonyl (C=O) groups is 1. The van der Waals surface area contributed by atoms with Gasteiger partial charge in [0.2, 0.25) is 0 Å². The van der Waals surface area contributed by atoms with Crippen molar-refractivity contribution in [2.45, 2.75) is 20.3 Å². The van der Waals surface area contributed by atoms with Gasteiger partial charge in [-0.3, -0.25) is 4.79 Å². The summed E-state index contributed by atoms with van der Waals surface area (Å²) in [6, 6.07) is 12.1. The number of ketones is 1. The lowest BCUT2D eigenvalue weighted by Gasteiger charge is -2.07. The molecule has 0 aliphatic heterocycles. The average Bonchev–Trinajstić information content (AvgIpc) is 2.42. The van der Waals surface area contributed by atoms with Gasteiger partial charge in [0, 0.05) is 12.0 Å². The first kappa shape index (κ1) is 14.3. The quantitative estimate of drug-likeness (QED) is 0.766. The molecule has 0 saturated carbocycles. The molecule has 0 bridgehead atoms. The van der Waals surface area contributed by atoms with Crippen LogP contribution in [0.3, 0.4) is 0 Å². The van der Waals surface area contributed by atoms with Gasteiger partial charge in [-0.1, -0.05) is 12.1 Å². The molecular formula is C17H17FO2. The van der Waals surface area contributed by atoms with E-state index in [1.54, 1.807) is 13.0 Å². The molecule has 0 aliphatic rings. The van der Waals surface area contributed by atoms with Crippen molar-refractivity contribution in [2.24, 2.45) is 0 Å². The largest absolute Gasteiger partial charge is 0.493 e. The van der Waals surface area contributed by atoms with E-state index in [-0.39, 0.29) is 18.0 Å². The van der Waals surface area contributed by atoms with Crippen molar-refractivity contribution in [1.29, 1.82) is 0 Å². The van der Waals surface area contributed by atoms with Gasteiger partial charge in [0.1, 0.15) is 11.6 Å². The Morgan fingerprint density at radius 3 is 2.65 bits per heavy atom. The second-order valence-electron chi connectivity index (χ2n) is 4.80. The molecule has 0 saturated heterocycles. The molecule has 0 aliphatic carbocycles. The number of Topliss-reactive ketones (excluding diaryl/α,β-unsaturated/α-hetero) is 1. The summed E-state index contributed by atoms with van der Waals surface area (Å²) in [6.07, 6.45) is 0.277. The predicted octanol–water partition coefficient (Wildman–Crippen LogP) is 4.09. The van der Waals surface area contributed by atoms with Crippen LogP contribution in [0.15, 0.2) is 42.5 Å². The van der Waals surface area contributed by atoms with Crippen molar-refractivity contribution in [3.8, 4) is 5.75 Å². The van der Waals surface area contributed by atoms with E-state index in [9.17, 15) is 9.18 Å².